The van der Waals surface area contributed by atoms with Gasteiger partial charge in [-0.3, -0.25) is 0 Å². The number of nitrogens with one attached hydrogen (secondary N) is 1. The first kappa shape index (κ1) is 14.3. The lowest BCUT2D eigenvalue weighted by Crippen LogP contribution is -2.37. The molecule has 0 saturated carbocycles. The highest BCUT2D eigenvalue weighted by Gasteiger charge is 2.14. The molecule has 1 nitrogen and oxygen atoms in total. The Morgan fingerprint density at radius 2 is 1.86 bits per heavy atom. The lowest BCUT2D eigenvalue weighted by molar-refractivity contribution is 0.397. The minimum atomic E-state index is 0.719. The summed E-state index contributed by atoms with van der Waals surface area (Å²) in [5.41, 5.74) is 0. The van der Waals surface area contributed by atoms with Crippen molar-refractivity contribution < 1.29 is 0 Å². The van der Waals surface area contributed by atoms with Gasteiger partial charge in [0.15, 0.2) is 0 Å². The molecule has 0 bridgehead atoms. The molecule has 0 amide bonds. The summed E-state index contributed by atoms with van der Waals surface area (Å²) < 4.78 is 0. The van der Waals surface area contributed by atoms with Gasteiger partial charge in [-0.25, -0.2) is 0 Å². The Labute approximate surface area is 94.4 Å². The minimum absolute atomic E-state index is 0.719. The van der Waals surface area contributed by atoms with Crippen molar-refractivity contribution in [3.63, 3.8) is 0 Å². The standard InChI is InChI=1S/C12H27NS/c1-5-8-13-12(11(4)7-3)10-14-9-6-2/h11-13H,5-10H2,1-4H3. The molecule has 0 heterocycles. The Balaban J connectivity index is 3.72. The highest BCUT2D eigenvalue weighted by Crippen LogP contribution is 2.14. The summed E-state index contributed by atoms with van der Waals surface area (Å²) in [7, 11) is 0. The predicted molar refractivity (Wildman–Crippen MR) is 69.2 cm³/mol. The molecule has 2 heteroatoms. The molecule has 0 rings (SSSR count). The van der Waals surface area contributed by atoms with Gasteiger partial charge in [-0.05, 0) is 31.1 Å². The molecule has 0 aromatic rings. The van der Waals surface area contributed by atoms with Crippen LogP contribution in [-0.4, -0.2) is 24.1 Å². The van der Waals surface area contributed by atoms with Crippen LogP contribution in [-0.2, 0) is 0 Å². The van der Waals surface area contributed by atoms with Crippen molar-refractivity contribution in [3.05, 3.63) is 0 Å². The van der Waals surface area contributed by atoms with E-state index in [4.69, 9.17) is 0 Å². The van der Waals surface area contributed by atoms with Gasteiger partial charge in [-0.1, -0.05) is 34.1 Å². The van der Waals surface area contributed by atoms with Crippen LogP contribution in [0.1, 0.15) is 47.0 Å². The smallest absolute Gasteiger partial charge is 0.0183 e. The maximum absolute atomic E-state index is 3.66. The summed E-state index contributed by atoms with van der Waals surface area (Å²) in [5.74, 6) is 3.40. The van der Waals surface area contributed by atoms with Crippen molar-refractivity contribution in [2.75, 3.05) is 18.1 Å². The fraction of sp³-hybridized carbons (Fsp3) is 1.00. The molecule has 1 N–H and O–H groups in total. The molecule has 86 valence electrons. The Bertz CT molecular complexity index is 117. The van der Waals surface area contributed by atoms with Crippen molar-refractivity contribution in [3.8, 4) is 0 Å². The van der Waals surface area contributed by atoms with Crippen molar-refractivity contribution in [2.45, 2.75) is 53.0 Å². The molecule has 2 unspecified atom stereocenters. The third kappa shape index (κ3) is 6.72. The van der Waals surface area contributed by atoms with Gasteiger partial charge >= 0.3 is 0 Å². The van der Waals surface area contributed by atoms with E-state index in [0.717, 1.165) is 12.0 Å². The lowest BCUT2D eigenvalue weighted by Gasteiger charge is -2.23. The van der Waals surface area contributed by atoms with Gasteiger partial charge in [0.1, 0.15) is 0 Å². The van der Waals surface area contributed by atoms with E-state index in [0.29, 0.717) is 0 Å². The predicted octanol–water partition coefficient (Wildman–Crippen LogP) is 3.54. The van der Waals surface area contributed by atoms with E-state index in [2.05, 4.69) is 44.8 Å². The summed E-state index contributed by atoms with van der Waals surface area (Å²) in [5, 5.41) is 3.66. The Hall–Kier alpha value is 0.310. The molecular weight excluding hydrogens is 190 g/mol. The van der Waals surface area contributed by atoms with Crippen molar-refractivity contribution in [1.29, 1.82) is 0 Å². The van der Waals surface area contributed by atoms with Gasteiger partial charge in [0.05, 0.1) is 0 Å². The number of hydrogen-bond acceptors (Lipinski definition) is 2. The maximum atomic E-state index is 3.66. The van der Waals surface area contributed by atoms with E-state index in [1.165, 1.54) is 37.3 Å². The quantitative estimate of drug-likeness (QED) is 0.593. The van der Waals surface area contributed by atoms with Gasteiger partial charge in [-0.15, -0.1) is 0 Å². The van der Waals surface area contributed by atoms with Gasteiger partial charge in [-0.2, -0.15) is 11.8 Å². The van der Waals surface area contributed by atoms with Crippen LogP contribution in [0.15, 0.2) is 0 Å². The van der Waals surface area contributed by atoms with Crippen molar-refractivity contribution in [1.82, 2.24) is 5.32 Å². The molecule has 0 aromatic heterocycles. The van der Waals surface area contributed by atoms with Crippen LogP contribution in [0.5, 0.6) is 0 Å². The molecule has 0 spiro atoms. The van der Waals surface area contributed by atoms with Crippen LogP contribution in [0.2, 0.25) is 0 Å². The normalized spacial score (nSPS) is 15.4. The summed E-state index contributed by atoms with van der Waals surface area (Å²) in [4.78, 5) is 0. The molecule has 0 aliphatic carbocycles. The second-order valence-electron chi connectivity index (χ2n) is 4.02. The second kappa shape index (κ2) is 9.85. The van der Waals surface area contributed by atoms with Crippen LogP contribution in [0.25, 0.3) is 0 Å². The fourth-order valence-corrected chi connectivity index (χ4v) is 2.55. The highest BCUT2D eigenvalue weighted by atomic mass is 32.2. The van der Waals surface area contributed by atoms with Crippen LogP contribution >= 0.6 is 11.8 Å². The first-order valence-electron chi connectivity index (χ1n) is 6.07. The number of rotatable bonds is 9. The first-order valence-corrected chi connectivity index (χ1v) is 7.22. The maximum Gasteiger partial charge on any atom is 0.0183 e. The monoisotopic (exact) mass is 217 g/mol. The van der Waals surface area contributed by atoms with Crippen LogP contribution in [0.4, 0.5) is 0 Å². The van der Waals surface area contributed by atoms with E-state index < -0.39 is 0 Å². The third-order valence-corrected chi connectivity index (χ3v) is 3.92. The summed E-state index contributed by atoms with van der Waals surface area (Å²) in [6, 6.07) is 0.719. The SMILES string of the molecule is CCCNC(CSCCC)C(C)CC. The van der Waals surface area contributed by atoms with Crippen molar-refractivity contribution >= 4 is 11.8 Å². The zero-order valence-corrected chi connectivity index (χ0v) is 11.1. The van der Waals surface area contributed by atoms with Gasteiger partial charge in [0.25, 0.3) is 0 Å². The van der Waals surface area contributed by atoms with E-state index in [1.54, 1.807) is 0 Å². The molecule has 2 atom stereocenters. The molecule has 0 saturated heterocycles. The molecular formula is C12H27NS. The zero-order valence-electron chi connectivity index (χ0n) is 10.3. The summed E-state index contributed by atoms with van der Waals surface area (Å²) in [6.45, 7) is 10.3. The molecule has 0 radical (unpaired) electrons. The third-order valence-electron chi connectivity index (χ3n) is 2.63. The van der Waals surface area contributed by atoms with Gasteiger partial charge in [0, 0.05) is 11.8 Å². The van der Waals surface area contributed by atoms with Crippen LogP contribution in [0.3, 0.4) is 0 Å². The first-order chi connectivity index (χ1) is 6.76. The highest BCUT2D eigenvalue weighted by molar-refractivity contribution is 7.99. The Kier molecular flexibility index (Phi) is 10.1. The number of hydrogen-bond donors (Lipinski definition) is 1. The van der Waals surface area contributed by atoms with E-state index in [1.807, 2.05) is 0 Å². The lowest BCUT2D eigenvalue weighted by atomic mass is 10.0. The number of thioether (sulfide) groups is 1. The summed E-state index contributed by atoms with van der Waals surface area (Å²) in [6.07, 6.45) is 3.82. The van der Waals surface area contributed by atoms with Gasteiger partial charge in [0.2, 0.25) is 0 Å². The fourth-order valence-electron chi connectivity index (χ4n) is 1.39. The molecule has 0 aliphatic rings. The molecule has 0 aliphatic heterocycles. The van der Waals surface area contributed by atoms with Crippen molar-refractivity contribution in [2.24, 2.45) is 5.92 Å². The van der Waals surface area contributed by atoms with E-state index in [9.17, 15) is 0 Å². The average Bonchev–Trinajstić information content (AvgIpc) is 2.22. The largest absolute Gasteiger partial charge is 0.313 e. The average molecular weight is 217 g/mol. The second-order valence-corrected chi connectivity index (χ2v) is 5.17. The van der Waals surface area contributed by atoms with Crippen LogP contribution < -0.4 is 5.32 Å². The van der Waals surface area contributed by atoms with Crippen LogP contribution in [0, 0.1) is 5.92 Å². The zero-order chi connectivity index (χ0) is 10.8. The minimum Gasteiger partial charge on any atom is -0.313 e. The Morgan fingerprint density at radius 3 is 2.36 bits per heavy atom. The molecule has 0 aromatic carbocycles. The van der Waals surface area contributed by atoms with E-state index >= 15 is 0 Å². The molecule has 0 fully saturated rings. The van der Waals surface area contributed by atoms with Gasteiger partial charge < -0.3 is 5.32 Å². The van der Waals surface area contributed by atoms with E-state index in [-0.39, 0.29) is 0 Å². The molecule has 14 heavy (non-hydrogen) atoms. The summed E-state index contributed by atoms with van der Waals surface area (Å²) >= 11 is 2.09. The Morgan fingerprint density at radius 1 is 1.14 bits per heavy atom. The topological polar surface area (TPSA) is 12.0 Å².